The summed E-state index contributed by atoms with van der Waals surface area (Å²) in [5.74, 6) is -2.01. The van der Waals surface area contributed by atoms with Gasteiger partial charge >= 0.3 is 0 Å². The van der Waals surface area contributed by atoms with Gasteiger partial charge in [-0.2, -0.15) is 0 Å². The minimum Gasteiger partial charge on any atom is -0.271 e. The molecule has 0 bridgehead atoms. The fourth-order valence-corrected chi connectivity index (χ4v) is 23.1. The Kier molecular flexibility index (Phi) is 24.8. The lowest BCUT2D eigenvalue weighted by molar-refractivity contribution is 0.0501. The normalized spacial score (nSPS) is 15.5. The molecule has 0 radical (unpaired) electrons. The number of fused-ring (bicyclic) bond motifs is 4. The first-order valence-corrected chi connectivity index (χ1v) is 47.8. The molecule has 0 atom stereocenters. The van der Waals surface area contributed by atoms with Crippen LogP contribution in [0.4, 0.5) is 0 Å². The summed E-state index contributed by atoms with van der Waals surface area (Å²) in [6, 6.07) is 45.3. The van der Waals surface area contributed by atoms with Gasteiger partial charge in [-0.3, -0.25) is 58.0 Å². The molecule has 0 N–H and O–H groups in total. The second kappa shape index (κ2) is 35.9. The minimum atomic E-state index is -0.415. The third kappa shape index (κ3) is 14.3. The number of imide groups is 4. The van der Waals surface area contributed by atoms with Gasteiger partial charge in [0.25, 0.3) is 47.3 Å². The standard InChI is InChI=1S/C110H124N4O8/c1-9-17-26-36-72(37-27-18-10-2)111-102(115)82-58-52-76-78-54-60-86-98-90(108(121)113(106(86)119)74(40-30-21-13-5)41-31-22-14-6)66-88(94(100(78)98)80-56-62-84(104(111)117)96(82)92(76)80)68-44-48-70(49-45-68)110(64-34-25-35-65-110)71-50-46-69(47-51-71)89-67-91-99-87(107(120)114(109(91)122)75(42-32-23-15-7)43-33-24-16-8)61-55-79-77-53-59-83-97-85(63-57-81(93(77)97)95(89)101(79)99)105(118)112(103(83)116)73(38-28-19-11-3)39-29-20-12-4/h44-63,66-67,72-75H,9-43,64-65H2,1-8H3. The molecule has 5 aliphatic rings. The van der Waals surface area contributed by atoms with Gasteiger partial charge in [-0.15, -0.1) is 0 Å². The van der Waals surface area contributed by atoms with Crippen LogP contribution < -0.4 is 0 Å². The van der Waals surface area contributed by atoms with Gasteiger partial charge in [0, 0.05) is 95.6 Å². The predicted octanol–water partition coefficient (Wildman–Crippen LogP) is 28.9. The van der Waals surface area contributed by atoms with Crippen molar-refractivity contribution in [2.24, 2.45) is 0 Å². The Morgan fingerprint density at radius 2 is 0.443 bits per heavy atom. The highest BCUT2D eigenvalue weighted by molar-refractivity contribution is 6.45. The Morgan fingerprint density at radius 1 is 0.221 bits per heavy atom. The summed E-state index contributed by atoms with van der Waals surface area (Å²) in [4.78, 5) is 131. The van der Waals surface area contributed by atoms with Crippen LogP contribution in [0.15, 0.2) is 133 Å². The molecule has 0 aromatic heterocycles. The molecular weight excluding hydrogens is 1510 g/mol. The van der Waals surface area contributed by atoms with Crippen molar-refractivity contribution in [2.45, 2.75) is 323 Å². The van der Waals surface area contributed by atoms with Crippen molar-refractivity contribution in [3.05, 3.63) is 189 Å². The third-order valence-corrected chi connectivity index (χ3v) is 29.4. The van der Waals surface area contributed by atoms with Gasteiger partial charge in [0.15, 0.2) is 0 Å². The first-order valence-electron chi connectivity index (χ1n) is 47.8. The van der Waals surface area contributed by atoms with Crippen molar-refractivity contribution in [1.29, 1.82) is 0 Å². The van der Waals surface area contributed by atoms with Gasteiger partial charge in [-0.05, 0) is 211 Å². The summed E-state index contributed by atoms with van der Waals surface area (Å²) in [5, 5.41) is 12.9. The van der Waals surface area contributed by atoms with E-state index in [0.29, 0.717) is 66.1 Å². The number of benzene rings is 12. The van der Waals surface area contributed by atoms with E-state index in [-0.39, 0.29) is 71.4 Å². The van der Waals surface area contributed by atoms with Crippen molar-refractivity contribution < 1.29 is 38.4 Å². The molecule has 17 rings (SSSR count). The third-order valence-electron chi connectivity index (χ3n) is 29.4. The van der Waals surface area contributed by atoms with E-state index in [4.69, 9.17) is 0 Å². The molecule has 0 spiro atoms. The van der Waals surface area contributed by atoms with E-state index in [1.54, 1.807) is 19.6 Å². The van der Waals surface area contributed by atoms with Crippen LogP contribution in [0.25, 0.3) is 108 Å². The Morgan fingerprint density at radius 3 is 0.689 bits per heavy atom. The van der Waals surface area contributed by atoms with Gasteiger partial charge in [-0.1, -0.05) is 314 Å². The lowest BCUT2D eigenvalue weighted by atomic mass is 9.65. The summed E-state index contributed by atoms with van der Waals surface area (Å²) in [6.45, 7) is 17.5. The van der Waals surface area contributed by atoms with Crippen molar-refractivity contribution in [3.8, 4) is 22.3 Å². The summed E-state index contributed by atoms with van der Waals surface area (Å²) in [6.07, 6.45) is 34.8. The Balaban J connectivity index is 0.820. The van der Waals surface area contributed by atoms with E-state index in [2.05, 4.69) is 152 Å². The lowest BCUT2D eigenvalue weighted by Crippen LogP contribution is -2.47. The maximum absolute atomic E-state index is 16.0. The number of amides is 8. The first kappa shape index (κ1) is 84.0. The molecule has 12 aromatic carbocycles. The summed E-state index contributed by atoms with van der Waals surface area (Å²) < 4.78 is 0. The van der Waals surface area contributed by atoms with Gasteiger partial charge in [0.05, 0.1) is 0 Å². The molecule has 632 valence electrons. The highest BCUT2D eigenvalue weighted by Gasteiger charge is 2.46. The molecule has 12 heteroatoms. The van der Waals surface area contributed by atoms with E-state index in [0.717, 1.165) is 324 Å². The SMILES string of the molecule is CCCCCC(CCCCC)N1C(=O)c2ccc3c4ccc5c6c(cc(-c7ccc(C8(c9ccc(-c%10cc%11c%12c(ccc%13c%14ccc%15c%16c(ccc(c%10c%12%13)c%16%14)C(=O)N(C(CCCCC)CCCCC)C%15=O)C(=O)N(C(CCCCC)CCCCC)C%11=O)cc9)CCCCC8)cc7)c(c7ccc(c2c37)C1=O)c64)C(=O)N(C(CCCCC)CCCCC)C5=O. The maximum atomic E-state index is 16.0. The molecule has 1 saturated carbocycles. The second-order valence-corrected chi connectivity index (χ2v) is 37.0. The van der Waals surface area contributed by atoms with E-state index in [1.165, 1.54) is 11.1 Å². The number of hydrogen-bond acceptors (Lipinski definition) is 8. The average Bonchev–Trinajstić information content (AvgIpc) is 0.685. The molecule has 0 saturated heterocycles. The molecule has 122 heavy (non-hydrogen) atoms. The number of unbranched alkanes of at least 4 members (excludes halogenated alkanes) is 16. The minimum absolute atomic E-state index is 0.215. The first-order chi connectivity index (χ1) is 59.6. The monoisotopic (exact) mass is 1630 g/mol. The summed E-state index contributed by atoms with van der Waals surface area (Å²) >= 11 is 0. The molecule has 0 unspecified atom stereocenters. The predicted molar refractivity (Wildman–Crippen MR) is 500 cm³/mol. The number of nitrogens with zero attached hydrogens (tertiary/aromatic N) is 4. The molecule has 8 amide bonds. The van der Waals surface area contributed by atoms with Gasteiger partial charge < -0.3 is 0 Å². The quantitative estimate of drug-likeness (QED) is 0.0159. The Hall–Kier alpha value is -10.2. The number of hydrogen-bond donors (Lipinski definition) is 0. The van der Waals surface area contributed by atoms with Crippen LogP contribution in [-0.2, 0) is 5.41 Å². The average molecular weight is 1630 g/mol. The fraction of sp³-hybridized carbons (Fsp3) is 0.455. The summed E-state index contributed by atoms with van der Waals surface area (Å²) in [7, 11) is 0. The van der Waals surface area contributed by atoms with Crippen LogP contribution in [0, 0.1) is 0 Å². The zero-order chi connectivity index (χ0) is 84.8. The van der Waals surface area contributed by atoms with Crippen molar-refractivity contribution in [3.63, 3.8) is 0 Å². The largest absolute Gasteiger partial charge is 0.271 e. The van der Waals surface area contributed by atoms with Crippen molar-refractivity contribution in [2.75, 3.05) is 0 Å². The number of carbonyl (C=O) groups excluding carboxylic acids is 8. The Labute approximate surface area is 720 Å². The van der Waals surface area contributed by atoms with Gasteiger partial charge in [-0.25, -0.2) is 0 Å². The van der Waals surface area contributed by atoms with Crippen LogP contribution in [-0.4, -0.2) is 91.0 Å². The lowest BCUT2D eigenvalue weighted by Gasteiger charge is -2.39. The van der Waals surface area contributed by atoms with E-state index >= 15 is 38.4 Å². The number of carbonyl (C=O) groups is 8. The second-order valence-electron chi connectivity index (χ2n) is 37.0. The molecule has 4 heterocycles. The van der Waals surface area contributed by atoms with Crippen molar-refractivity contribution >= 4 is 133 Å². The zero-order valence-corrected chi connectivity index (χ0v) is 73.7. The van der Waals surface area contributed by atoms with Crippen LogP contribution >= 0.6 is 0 Å². The molecule has 1 aliphatic carbocycles. The van der Waals surface area contributed by atoms with Crippen molar-refractivity contribution in [1.82, 2.24) is 19.6 Å². The maximum Gasteiger partial charge on any atom is 0.261 e. The Bertz CT molecular complexity index is 5620. The molecule has 4 aliphatic heterocycles. The zero-order valence-electron chi connectivity index (χ0n) is 73.7. The number of rotatable bonds is 40. The molecule has 12 nitrogen and oxygen atoms in total. The highest BCUT2D eigenvalue weighted by atomic mass is 16.2. The van der Waals surface area contributed by atoms with Gasteiger partial charge in [0.1, 0.15) is 0 Å². The van der Waals surface area contributed by atoms with Crippen LogP contribution in [0.2, 0.25) is 0 Å². The molecule has 1 fully saturated rings. The molecular formula is C110H124N4O8. The smallest absolute Gasteiger partial charge is 0.261 e. The summed E-state index contributed by atoms with van der Waals surface area (Å²) in [5.41, 5.74) is 9.61. The highest BCUT2D eigenvalue weighted by Crippen LogP contribution is 2.55. The van der Waals surface area contributed by atoms with E-state index in [9.17, 15) is 0 Å². The van der Waals surface area contributed by atoms with E-state index < -0.39 is 5.41 Å². The fourth-order valence-electron chi connectivity index (χ4n) is 23.1. The van der Waals surface area contributed by atoms with Crippen LogP contribution in [0.5, 0.6) is 0 Å². The van der Waals surface area contributed by atoms with Gasteiger partial charge in [0.2, 0.25) is 0 Å². The molecule has 12 aromatic rings. The topological polar surface area (TPSA) is 150 Å². The van der Waals surface area contributed by atoms with E-state index in [1.807, 2.05) is 36.4 Å². The van der Waals surface area contributed by atoms with Crippen LogP contribution in [0.1, 0.15) is 387 Å². The van der Waals surface area contributed by atoms with Crippen LogP contribution in [0.3, 0.4) is 0 Å².